The van der Waals surface area contributed by atoms with E-state index in [2.05, 4.69) is 5.32 Å². The number of halogens is 1. The highest BCUT2D eigenvalue weighted by atomic mass is 35.5. The van der Waals surface area contributed by atoms with Gasteiger partial charge in [-0.05, 0) is 67.3 Å². The van der Waals surface area contributed by atoms with Crippen LogP contribution in [-0.4, -0.2) is 44.3 Å². The van der Waals surface area contributed by atoms with Crippen LogP contribution in [0, 0.1) is 6.92 Å². The number of hydrogen-bond donors (Lipinski definition) is 1. The molecular weight excluding hydrogens is 534 g/mol. The van der Waals surface area contributed by atoms with Crippen molar-refractivity contribution in [3.63, 3.8) is 0 Å². The molecule has 39 heavy (non-hydrogen) atoms. The molecule has 1 unspecified atom stereocenters. The molecular formula is C30H36ClN3O4S. The highest BCUT2D eigenvalue weighted by Gasteiger charge is 2.33. The zero-order chi connectivity index (χ0) is 28.4. The molecule has 9 heteroatoms. The van der Waals surface area contributed by atoms with E-state index in [0.717, 1.165) is 28.3 Å². The zero-order valence-electron chi connectivity index (χ0n) is 22.6. The summed E-state index contributed by atoms with van der Waals surface area (Å²) in [5, 5.41) is 3.34. The maximum Gasteiger partial charge on any atom is 0.264 e. The first kappa shape index (κ1) is 30.2. The number of para-hydroxylation sites is 1. The van der Waals surface area contributed by atoms with E-state index >= 15 is 0 Å². The molecule has 1 N–H and O–H groups in total. The number of aryl methyl sites for hydroxylation is 1. The molecule has 0 radical (unpaired) electrons. The molecule has 0 aromatic heterocycles. The van der Waals surface area contributed by atoms with Gasteiger partial charge in [-0.3, -0.25) is 13.9 Å². The SMILES string of the molecule is CCCCNC(=O)C(CC)N(Cc1ccccc1C)C(=O)CN(c1ccccc1)S(=O)(=O)c1ccc(Cl)cc1. The highest BCUT2D eigenvalue weighted by molar-refractivity contribution is 7.92. The van der Waals surface area contributed by atoms with Crippen molar-refractivity contribution >= 4 is 39.1 Å². The third kappa shape index (κ3) is 7.83. The van der Waals surface area contributed by atoms with E-state index in [9.17, 15) is 18.0 Å². The number of carbonyl (C=O) groups is 2. The van der Waals surface area contributed by atoms with Crippen LogP contribution in [0.5, 0.6) is 0 Å². The minimum atomic E-state index is -4.12. The third-order valence-corrected chi connectivity index (χ3v) is 8.58. The number of carbonyl (C=O) groups excluding carboxylic acids is 2. The quantitative estimate of drug-likeness (QED) is 0.273. The Balaban J connectivity index is 2.02. The van der Waals surface area contributed by atoms with Crippen LogP contribution in [0.4, 0.5) is 5.69 Å². The lowest BCUT2D eigenvalue weighted by molar-refractivity contribution is -0.140. The van der Waals surface area contributed by atoms with Crippen molar-refractivity contribution in [3.8, 4) is 0 Å². The van der Waals surface area contributed by atoms with E-state index in [0.29, 0.717) is 23.7 Å². The normalized spacial score (nSPS) is 12.0. The number of nitrogens with one attached hydrogen (secondary N) is 1. The monoisotopic (exact) mass is 569 g/mol. The van der Waals surface area contributed by atoms with E-state index in [1.165, 1.54) is 29.2 Å². The summed E-state index contributed by atoms with van der Waals surface area (Å²) in [5.41, 5.74) is 2.21. The Bertz CT molecular complexity index is 1350. The van der Waals surface area contributed by atoms with Gasteiger partial charge in [-0.25, -0.2) is 8.42 Å². The Hall–Kier alpha value is -3.36. The summed E-state index contributed by atoms with van der Waals surface area (Å²) < 4.78 is 28.7. The molecule has 3 rings (SSSR count). The number of amides is 2. The molecule has 3 aromatic carbocycles. The molecule has 1 atom stereocenters. The molecule has 7 nitrogen and oxygen atoms in total. The standard InChI is InChI=1S/C30H36ClN3O4S/c1-4-6-20-32-30(36)28(5-2)33(21-24-13-11-10-12-23(24)3)29(35)22-34(26-14-8-7-9-15-26)39(37,38)27-18-16-25(31)17-19-27/h7-19,28H,4-6,20-22H2,1-3H3,(H,32,36). The van der Waals surface area contributed by atoms with Crippen LogP contribution >= 0.6 is 11.6 Å². The summed E-state index contributed by atoms with van der Waals surface area (Å²) in [4.78, 5) is 28.8. The van der Waals surface area contributed by atoms with E-state index in [1.807, 2.05) is 45.0 Å². The predicted octanol–water partition coefficient (Wildman–Crippen LogP) is 5.57. The van der Waals surface area contributed by atoms with Gasteiger partial charge in [0.05, 0.1) is 10.6 Å². The smallest absolute Gasteiger partial charge is 0.264 e. The first-order valence-corrected chi connectivity index (χ1v) is 15.0. The van der Waals surface area contributed by atoms with Crippen LogP contribution in [0.15, 0.2) is 83.8 Å². The predicted molar refractivity (Wildman–Crippen MR) is 156 cm³/mol. The molecule has 0 saturated heterocycles. The number of benzene rings is 3. The fourth-order valence-electron chi connectivity index (χ4n) is 4.25. The van der Waals surface area contributed by atoms with Crippen molar-refractivity contribution in [1.29, 1.82) is 0 Å². The van der Waals surface area contributed by atoms with Crippen LogP contribution in [-0.2, 0) is 26.2 Å². The Morgan fingerprint density at radius 2 is 1.56 bits per heavy atom. The second kappa shape index (κ2) is 14.1. The molecule has 0 saturated carbocycles. The van der Waals surface area contributed by atoms with Gasteiger partial charge in [-0.2, -0.15) is 0 Å². The first-order valence-electron chi connectivity index (χ1n) is 13.1. The summed E-state index contributed by atoms with van der Waals surface area (Å²) in [6.45, 7) is 6.05. The molecule has 0 spiro atoms. The van der Waals surface area contributed by atoms with E-state index < -0.39 is 28.5 Å². The number of hydrogen-bond acceptors (Lipinski definition) is 4. The number of nitrogens with zero attached hydrogens (tertiary/aromatic N) is 2. The van der Waals surface area contributed by atoms with Gasteiger partial charge < -0.3 is 10.2 Å². The van der Waals surface area contributed by atoms with E-state index in [4.69, 9.17) is 11.6 Å². The molecule has 0 fully saturated rings. The number of unbranched alkanes of at least 4 members (excludes halogenated alkanes) is 1. The van der Waals surface area contributed by atoms with Gasteiger partial charge in [0.15, 0.2) is 0 Å². The van der Waals surface area contributed by atoms with Gasteiger partial charge >= 0.3 is 0 Å². The molecule has 0 aliphatic carbocycles. The summed E-state index contributed by atoms with van der Waals surface area (Å²) in [5.74, 6) is -0.725. The van der Waals surface area contributed by atoms with Gasteiger partial charge in [0.25, 0.3) is 10.0 Å². The average Bonchev–Trinajstić information content (AvgIpc) is 2.93. The number of anilines is 1. The molecule has 2 amide bonds. The largest absolute Gasteiger partial charge is 0.354 e. The lowest BCUT2D eigenvalue weighted by Gasteiger charge is -2.33. The first-order chi connectivity index (χ1) is 18.7. The molecule has 0 bridgehead atoms. The number of rotatable bonds is 13. The summed E-state index contributed by atoms with van der Waals surface area (Å²) in [7, 11) is -4.12. The summed E-state index contributed by atoms with van der Waals surface area (Å²) in [6.07, 6.45) is 2.14. The Morgan fingerprint density at radius 3 is 2.18 bits per heavy atom. The Kier molecular flexibility index (Phi) is 10.9. The van der Waals surface area contributed by atoms with Gasteiger partial charge in [0.1, 0.15) is 12.6 Å². The summed E-state index contributed by atoms with van der Waals surface area (Å²) >= 11 is 5.99. The highest BCUT2D eigenvalue weighted by Crippen LogP contribution is 2.26. The molecule has 0 heterocycles. The number of sulfonamides is 1. The minimum Gasteiger partial charge on any atom is -0.354 e. The van der Waals surface area contributed by atoms with Gasteiger partial charge in [-0.1, -0.05) is 74.3 Å². The lowest BCUT2D eigenvalue weighted by Crippen LogP contribution is -2.52. The fraction of sp³-hybridized carbons (Fsp3) is 0.333. The van der Waals surface area contributed by atoms with Crippen LogP contribution in [0.3, 0.4) is 0 Å². The zero-order valence-corrected chi connectivity index (χ0v) is 24.2. The van der Waals surface area contributed by atoms with Crippen LogP contribution in [0.25, 0.3) is 0 Å². The van der Waals surface area contributed by atoms with Crippen molar-refractivity contribution in [2.24, 2.45) is 0 Å². The molecule has 0 aliphatic rings. The van der Waals surface area contributed by atoms with E-state index in [-0.39, 0.29) is 17.3 Å². The van der Waals surface area contributed by atoms with Crippen LogP contribution < -0.4 is 9.62 Å². The van der Waals surface area contributed by atoms with Gasteiger partial charge in [0, 0.05) is 18.1 Å². The van der Waals surface area contributed by atoms with Crippen LogP contribution in [0.2, 0.25) is 5.02 Å². The van der Waals surface area contributed by atoms with Crippen molar-refractivity contribution < 1.29 is 18.0 Å². The van der Waals surface area contributed by atoms with Crippen molar-refractivity contribution in [3.05, 3.63) is 95.0 Å². The lowest BCUT2D eigenvalue weighted by atomic mass is 10.1. The second-order valence-electron chi connectivity index (χ2n) is 9.32. The van der Waals surface area contributed by atoms with E-state index in [1.54, 1.807) is 30.3 Å². The topological polar surface area (TPSA) is 86.8 Å². The van der Waals surface area contributed by atoms with Crippen molar-refractivity contribution in [2.75, 3.05) is 17.4 Å². The van der Waals surface area contributed by atoms with Crippen molar-refractivity contribution in [2.45, 2.75) is 57.5 Å². The van der Waals surface area contributed by atoms with Gasteiger partial charge in [0.2, 0.25) is 11.8 Å². The Labute approximate surface area is 236 Å². The van der Waals surface area contributed by atoms with Crippen LogP contribution in [0.1, 0.15) is 44.2 Å². The minimum absolute atomic E-state index is 0.0124. The molecule has 0 aliphatic heterocycles. The van der Waals surface area contributed by atoms with Gasteiger partial charge in [-0.15, -0.1) is 0 Å². The summed E-state index contributed by atoms with van der Waals surface area (Å²) in [6, 6.07) is 21.2. The Morgan fingerprint density at radius 1 is 0.923 bits per heavy atom. The molecule has 208 valence electrons. The molecule has 3 aromatic rings. The maximum atomic E-state index is 14.0. The maximum absolute atomic E-state index is 14.0. The fourth-order valence-corrected chi connectivity index (χ4v) is 5.79. The third-order valence-electron chi connectivity index (χ3n) is 6.54. The second-order valence-corrected chi connectivity index (χ2v) is 11.6. The van der Waals surface area contributed by atoms with Crippen molar-refractivity contribution in [1.82, 2.24) is 10.2 Å². The average molecular weight is 570 g/mol.